The number of nitro groups is 1. The van der Waals surface area contributed by atoms with Crippen LogP contribution >= 0.6 is 11.3 Å². The van der Waals surface area contributed by atoms with E-state index in [1.54, 1.807) is 0 Å². The Kier molecular flexibility index (Phi) is 3.82. The van der Waals surface area contributed by atoms with Gasteiger partial charge in [0.2, 0.25) is 0 Å². The van der Waals surface area contributed by atoms with Gasteiger partial charge in [0.1, 0.15) is 6.20 Å². The SMILES string of the molecule is CCCC(C)Nc1ncc([N+](=O)[O-])s1. The molecule has 1 aromatic rings. The van der Waals surface area contributed by atoms with Gasteiger partial charge in [0, 0.05) is 6.04 Å². The zero-order valence-electron chi connectivity index (χ0n) is 8.19. The minimum absolute atomic E-state index is 0.0798. The summed E-state index contributed by atoms with van der Waals surface area (Å²) in [5.74, 6) is 0. The molecule has 0 aromatic carbocycles. The second-order valence-corrected chi connectivity index (χ2v) is 4.10. The first-order chi connectivity index (χ1) is 6.63. The van der Waals surface area contributed by atoms with E-state index in [9.17, 15) is 10.1 Å². The molecule has 0 spiro atoms. The van der Waals surface area contributed by atoms with Crippen molar-refractivity contribution in [2.24, 2.45) is 0 Å². The lowest BCUT2D eigenvalue weighted by Crippen LogP contribution is -2.13. The molecular formula is C8H13N3O2S. The zero-order chi connectivity index (χ0) is 10.6. The summed E-state index contributed by atoms with van der Waals surface area (Å²) in [6, 6.07) is 0.311. The molecule has 1 N–H and O–H groups in total. The van der Waals surface area contributed by atoms with Crippen LogP contribution in [0.15, 0.2) is 6.20 Å². The van der Waals surface area contributed by atoms with Gasteiger partial charge in [-0.1, -0.05) is 13.3 Å². The van der Waals surface area contributed by atoms with Crippen molar-refractivity contribution in [1.82, 2.24) is 4.98 Å². The minimum Gasteiger partial charge on any atom is -0.359 e. The Labute approximate surface area is 86.3 Å². The van der Waals surface area contributed by atoms with Gasteiger partial charge in [-0.2, -0.15) is 0 Å². The fourth-order valence-electron chi connectivity index (χ4n) is 1.13. The number of aromatic nitrogens is 1. The van der Waals surface area contributed by atoms with E-state index >= 15 is 0 Å². The monoisotopic (exact) mass is 215 g/mol. The van der Waals surface area contributed by atoms with Crippen LogP contribution in [0.2, 0.25) is 0 Å². The molecule has 0 aliphatic rings. The van der Waals surface area contributed by atoms with Crippen molar-refractivity contribution in [3.05, 3.63) is 16.3 Å². The number of hydrogen-bond donors (Lipinski definition) is 1. The minimum atomic E-state index is -0.423. The van der Waals surface area contributed by atoms with Gasteiger partial charge in [0.25, 0.3) is 0 Å². The number of nitrogens with one attached hydrogen (secondary N) is 1. The molecule has 0 saturated carbocycles. The standard InChI is InChI=1S/C8H13N3O2S/c1-3-4-6(2)10-8-9-5-7(14-8)11(12)13/h5-6H,3-4H2,1-2H3,(H,9,10). The lowest BCUT2D eigenvalue weighted by Gasteiger charge is -2.10. The highest BCUT2D eigenvalue weighted by Gasteiger charge is 2.12. The summed E-state index contributed by atoms with van der Waals surface area (Å²) >= 11 is 1.07. The lowest BCUT2D eigenvalue weighted by molar-refractivity contribution is -0.380. The summed E-state index contributed by atoms with van der Waals surface area (Å²) in [4.78, 5) is 13.9. The number of hydrogen-bond acceptors (Lipinski definition) is 5. The fourth-order valence-corrected chi connectivity index (χ4v) is 1.88. The smallest absolute Gasteiger partial charge is 0.345 e. The van der Waals surface area contributed by atoms with Crippen LogP contribution in [0.5, 0.6) is 0 Å². The van der Waals surface area contributed by atoms with Crippen LogP contribution in [0.25, 0.3) is 0 Å². The Bertz CT molecular complexity index is 313. The second kappa shape index (κ2) is 4.90. The molecule has 1 heterocycles. The molecule has 0 saturated heterocycles. The fraction of sp³-hybridized carbons (Fsp3) is 0.625. The van der Waals surface area contributed by atoms with Crippen molar-refractivity contribution >= 4 is 21.5 Å². The molecule has 6 heteroatoms. The van der Waals surface area contributed by atoms with Crippen LogP contribution in [0.4, 0.5) is 10.1 Å². The highest BCUT2D eigenvalue weighted by Crippen LogP contribution is 2.25. The van der Waals surface area contributed by atoms with E-state index in [-0.39, 0.29) is 5.00 Å². The largest absolute Gasteiger partial charge is 0.359 e. The number of anilines is 1. The third kappa shape index (κ3) is 2.95. The van der Waals surface area contributed by atoms with Gasteiger partial charge in [-0.05, 0) is 24.7 Å². The summed E-state index contributed by atoms with van der Waals surface area (Å²) in [5.41, 5.74) is 0. The van der Waals surface area contributed by atoms with Gasteiger partial charge >= 0.3 is 5.00 Å². The molecular weight excluding hydrogens is 202 g/mol. The molecule has 0 fully saturated rings. The van der Waals surface area contributed by atoms with Crippen molar-refractivity contribution in [3.8, 4) is 0 Å². The first-order valence-electron chi connectivity index (χ1n) is 4.50. The maximum Gasteiger partial charge on any atom is 0.345 e. The van der Waals surface area contributed by atoms with Gasteiger partial charge in [0.05, 0.1) is 4.92 Å². The van der Waals surface area contributed by atoms with Gasteiger partial charge in [-0.3, -0.25) is 10.1 Å². The van der Waals surface area contributed by atoms with Crippen LogP contribution in [0, 0.1) is 10.1 Å². The molecule has 0 aliphatic carbocycles. The average Bonchev–Trinajstić information content (AvgIpc) is 2.53. The van der Waals surface area contributed by atoms with Gasteiger partial charge in [-0.15, -0.1) is 0 Å². The Morgan fingerprint density at radius 2 is 2.50 bits per heavy atom. The van der Waals surface area contributed by atoms with Crippen LogP contribution in [-0.2, 0) is 0 Å². The average molecular weight is 215 g/mol. The van der Waals surface area contributed by atoms with Crippen LogP contribution in [0.3, 0.4) is 0 Å². The molecule has 0 amide bonds. The number of rotatable bonds is 5. The van der Waals surface area contributed by atoms with Crippen molar-refractivity contribution in [1.29, 1.82) is 0 Å². The lowest BCUT2D eigenvalue weighted by atomic mass is 10.2. The Balaban J connectivity index is 2.55. The predicted octanol–water partition coefficient (Wildman–Crippen LogP) is 2.65. The molecule has 1 unspecified atom stereocenters. The summed E-state index contributed by atoms with van der Waals surface area (Å²) in [5, 5.41) is 14.2. The number of thiazole rings is 1. The van der Waals surface area contributed by atoms with E-state index in [2.05, 4.69) is 17.2 Å². The Hall–Kier alpha value is -1.17. The van der Waals surface area contributed by atoms with Gasteiger partial charge in [-0.25, -0.2) is 4.98 Å². The second-order valence-electron chi connectivity index (χ2n) is 3.09. The van der Waals surface area contributed by atoms with Crippen molar-refractivity contribution in [2.75, 3.05) is 5.32 Å². The molecule has 14 heavy (non-hydrogen) atoms. The molecule has 0 bridgehead atoms. The molecule has 1 atom stereocenters. The summed E-state index contributed by atoms with van der Waals surface area (Å²) in [6.07, 6.45) is 3.40. The van der Waals surface area contributed by atoms with Gasteiger partial charge < -0.3 is 5.32 Å². The van der Waals surface area contributed by atoms with Crippen molar-refractivity contribution in [2.45, 2.75) is 32.7 Å². The first kappa shape index (κ1) is 10.9. The van der Waals surface area contributed by atoms with E-state index in [1.807, 2.05) is 6.92 Å². The van der Waals surface area contributed by atoms with E-state index in [0.717, 1.165) is 24.2 Å². The van der Waals surface area contributed by atoms with E-state index < -0.39 is 4.92 Å². The summed E-state index contributed by atoms with van der Waals surface area (Å²) in [6.45, 7) is 4.14. The maximum absolute atomic E-state index is 10.4. The quantitative estimate of drug-likeness (QED) is 0.605. The van der Waals surface area contributed by atoms with Crippen molar-refractivity contribution < 1.29 is 4.92 Å². The normalized spacial score (nSPS) is 12.4. The van der Waals surface area contributed by atoms with Gasteiger partial charge in [0.15, 0.2) is 5.13 Å². The van der Waals surface area contributed by atoms with E-state index in [4.69, 9.17) is 0 Å². The predicted molar refractivity (Wildman–Crippen MR) is 56.8 cm³/mol. The first-order valence-corrected chi connectivity index (χ1v) is 5.32. The highest BCUT2D eigenvalue weighted by atomic mass is 32.1. The third-order valence-corrected chi connectivity index (χ3v) is 2.65. The van der Waals surface area contributed by atoms with Crippen molar-refractivity contribution in [3.63, 3.8) is 0 Å². The summed E-state index contributed by atoms with van der Waals surface area (Å²) < 4.78 is 0. The zero-order valence-corrected chi connectivity index (χ0v) is 9.00. The van der Waals surface area contributed by atoms with E-state index in [0.29, 0.717) is 11.2 Å². The molecule has 78 valence electrons. The Morgan fingerprint density at radius 3 is 3.00 bits per heavy atom. The van der Waals surface area contributed by atoms with E-state index in [1.165, 1.54) is 6.20 Å². The molecule has 0 aliphatic heterocycles. The number of nitrogens with zero attached hydrogens (tertiary/aromatic N) is 2. The maximum atomic E-state index is 10.4. The molecule has 0 radical (unpaired) electrons. The molecule has 5 nitrogen and oxygen atoms in total. The van der Waals surface area contributed by atoms with Crippen LogP contribution in [-0.4, -0.2) is 15.9 Å². The van der Waals surface area contributed by atoms with Crippen LogP contribution in [0.1, 0.15) is 26.7 Å². The topological polar surface area (TPSA) is 68.1 Å². The molecule has 1 rings (SSSR count). The molecule has 1 aromatic heterocycles. The van der Waals surface area contributed by atoms with Crippen LogP contribution < -0.4 is 5.32 Å². The Morgan fingerprint density at radius 1 is 1.79 bits per heavy atom. The third-order valence-electron chi connectivity index (χ3n) is 1.76. The highest BCUT2D eigenvalue weighted by molar-refractivity contribution is 7.18. The summed E-state index contributed by atoms with van der Waals surface area (Å²) in [7, 11) is 0.